The van der Waals surface area contributed by atoms with Crippen molar-refractivity contribution < 1.29 is 14.3 Å². The smallest absolute Gasteiger partial charge is 0.407 e. The van der Waals surface area contributed by atoms with Crippen LogP contribution in [0.25, 0.3) is 0 Å². The van der Waals surface area contributed by atoms with E-state index < -0.39 is 5.60 Å². The van der Waals surface area contributed by atoms with E-state index >= 15 is 0 Å². The van der Waals surface area contributed by atoms with Crippen molar-refractivity contribution in [1.82, 2.24) is 5.32 Å². The molecule has 2 atom stereocenters. The molecule has 4 nitrogen and oxygen atoms in total. The summed E-state index contributed by atoms with van der Waals surface area (Å²) in [6.07, 6.45) is 3.94. The normalized spacial score (nSPS) is 19.2. The molecule has 2 aromatic carbocycles. The standard InChI is InChI=1S/C24H31NO3/c1-24(2,3)28-23(26)25-22-11-7-10-20(22)16-18-12-14-21(15-13-18)27-17-19-8-5-4-6-9-19/h4-6,8-9,12-15,20,22H,7,10-11,16-17H2,1-3H3,(H,25,26)/t20-,22-/m1/s1. The Hall–Kier alpha value is -2.49. The molecule has 1 aliphatic carbocycles. The first-order valence-electron chi connectivity index (χ1n) is 10.1. The molecule has 1 saturated carbocycles. The lowest BCUT2D eigenvalue weighted by molar-refractivity contribution is 0.0493. The molecule has 0 unspecified atom stereocenters. The Kier molecular flexibility index (Phi) is 6.61. The van der Waals surface area contributed by atoms with Crippen LogP contribution in [0.3, 0.4) is 0 Å². The van der Waals surface area contributed by atoms with Gasteiger partial charge < -0.3 is 14.8 Å². The molecular weight excluding hydrogens is 350 g/mol. The number of alkyl carbamates (subject to hydrolysis) is 1. The Balaban J connectivity index is 1.50. The van der Waals surface area contributed by atoms with E-state index in [9.17, 15) is 4.79 Å². The lowest BCUT2D eigenvalue weighted by atomic mass is 9.94. The first kappa shape index (κ1) is 20.2. The van der Waals surface area contributed by atoms with Crippen LogP contribution < -0.4 is 10.1 Å². The lowest BCUT2D eigenvalue weighted by Gasteiger charge is -2.25. The van der Waals surface area contributed by atoms with Crippen LogP contribution in [0.4, 0.5) is 4.79 Å². The predicted molar refractivity (Wildman–Crippen MR) is 111 cm³/mol. The summed E-state index contributed by atoms with van der Waals surface area (Å²) in [7, 11) is 0. The van der Waals surface area contributed by atoms with Gasteiger partial charge in [-0.3, -0.25) is 0 Å². The van der Waals surface area contributed by atoms with Gasteiger partial charge in [0.2, 0.25) is 0 Å². The van der Waals surface area contributed by atoms with E-state index in [4.69, 9.17) is 9.47 Å². The van der Waals surface area contributed by atoms with Crippen molar-refractivity contribution in [2.24, 2.45) is 5.92 Å². The highest BCUT2D eigenvalue weighted by Crippen LogP contribution is 2.29. The molecule has 0 spiro atoms. The third-order valence-electron chi connectivity index (χ3n) is 5.03. The molecule has 0 aliphatic heterocycles. The van der Waals surface area contributed by atoms with Crippen molar-refractivity contribution in [1.29, 1.82) is 0 Å². The summed E-state index contributed by atoms with van der Waals surface area (Å²) in [5, 5.41) is 3.07. The van der Waals surface area contributed by atoms with Crippen molar-refractivity contribution in [3.8, 4) is 5.75 Å². The van der Waals surface area contributed by atoms with Gasteiger partial charge in [0.1, 0.15) is 18.0 Å². The highest BCUT2D eigenvalue weighted by Gasteiger charge is 2.30. The van der Waals surface area contributed by atoms with Crippen LogP contribution in [0.2, 0.25) is 0 Å². The van der Waals surface area contributed by atoms with Gasteiger partial charge in [-0.2, -0.15) is 0 Å². The summed E-state index contributed by atoms with van der Waals surface area (Å²) < 4.78 is 11.3. The zero-order valence-electron chi connectivity index (χ0n) is 17.1. The van der Waals surface area contributed by atoms with Crippen molar-refractivity contribution >= 4 is 6.09 Å². The Bertz CT molecular complexity index is 750. The second kappa shape index (κ2) is 9.13. The summed E-state index contributed by atoms with van der Waals surface area (Å²) >= 11 is 0. The fourth-order valence-electron chi connectivity index (χ4n) is 3.70. The van der Waals surface area contributed by atoms with Crippen molar-refractivity contribution in [3.63, 3.8) is 0 Å². The summed E-state index contributed by atoms with van der Waals surface area (Å²) in [5.74, 6) is 1.33. The van der Waals surface area contributed by atoms with Crippen LogP contribution >= 0.6 is 0 Å². The number of carbonyl (C=O) groups is 1. The van der Waals surface area contributed by atoms with Gasteiger partial charge in [-0.25, -0.2) is 4.79 Å². The molecule has 0 bridgehead atoms. The number of rotatable bonds is 6. The summed E-state index contributed by atoms with van der Waals surface area (Å²) in [6.45, 7) is 6.24. The molecule has 1 fully saturated rings. The number of ether oxygens (including phenoxy) is 2. The largest absolute Gasteiger partial charge is 0.489 e. The monoisotopic (exact) mass is 381 g/mol. The minimum atomic E-state index is -0.465. The van der Waals surface area contributed by atoms with Gasteiger partial charge in [0.25, 0.3) is 0 Å². The molecule has 150 valence electrons. The topological polar surface area (TPSA) is 47.6 Å². The number of nitrogens with one attached hydrogen (secondary N) is 1. The second-order valence-electron chi connectivity index (χ2n) is 8.57. The molecule has 0 radical (unpaired) electrons. The van der Waals surface area contributed by atoms with Gasteiger partial charge in [-0.1, -0.05) is 48.9 Å². The molecule has 1 aliphatic rings. The third kappa shape index (κ3) is 6.29. The Morgan fingerprint density at radius 3 is 2.39 bits per heavy atom. The highest BCUT2D eigenvalue weighted by molar-refractivity contribution is 5.68. The van der Waals surface area contributed by atoms with Crippen LogP contribution in [-0.4, -0.2) is 17.7 Å². The van der Waals surface area contributed by atoms with Gasteiger partial charge in [0.05, 0.1) is 0 Å². The first-order chi connectivity index (χ1) is 13.4. The average molecular weight is 382 g/mol. The fourth-order valence-corrected chi connectivity index (χ4v) is 3.70. The second-order valence-corrected chi connectivity index (χ2v) is 8.57. The molecule has 3 rings (SSSR count). The number of amides is 1. The third-order valence-corrected chi connectivity index (χ3v) is 5.03. The van der Waals surface area contributed by atoms with E-state index in [-0.39, 0.29) is 12.1 Å². The molecule has 0 heterocycles. The maximum atomic E-state index is 12.1. The Morgan fingerprint density at radius 2 is 1.71 bits per heavy atom. The van der Waals surface area contributed by atoms with Gasteiger partial charge in [0, 0.05) is 6.04 Å². The molecular formula is C24H31NO3. The van der Waals surface area contributed by atoms with Gasteiger partial charge in [-0.15, -0.1) is 0 Å². The molecule has 1 amide bonds. The molecule has 0 saturated heterocycles. The maximum Gasteiger partial charge on any atom is 0.407 e. The average Bonchev–Trinajstić information content (AvgIpc) is 3.07. The zero-order chi connectivity index (χ0) is 20.0. The summed E-state index contributed by atoms with van der Waals surface area (Å²) in [6, 6.07) is 18.7. The van der Waals surface area contributed by atoms with E-state index in [0.717, 1.165) is 37.0 Å². The molecule has 0 aromatic heterocycles. The van der Waals surface area contributed by atoms with Crippen LogP contribution in [0, 0.1) is 5.92 Å². The van der Waals surface area contributed by atoms with Crippen molar-refractivity contribution in [3.05, 3.63) is 65.7 Å². The van der Waals surface area contributed by atoms with E-state index in [1.54, 1.807) is 0 Å². The fraction of sp³-hybridized carbons (Fsp3) is 0.458. The van der Waals surface area contributed by atoms with E-state index in [2.05, 4.69) is 29.6 Å². The van der Waals surface area contributed by atoms with Crippen LogP contribution in [0.1, 0.15) is 51.2 Å². The quantitative estimate of drug-likeness (QED) is 0.718. The number of hydrogen-bond acceptors (Lipinski definition) is 3. The van der Waals surface area contributed by atoms with Gasteiger partial charge >= 0.3 is 6.09 Å². The number of benzene rings is 2. The lowest BCUT2D eigenvalue weighted by Crippen LogP contribution is -2.41. The number of hydrogen-bond donors (Lipinski definition) is 1. The maximum absolute atomic E-state index is 12.1. The van der Waals surface area contributed by atoms with Gasteiger partial charge in [-0.05, 0) is 69.2 Å². The van der Waals surface area contributed by atoms with Gasteiger partial charge in [0.15, 0.2) is 0 Å². The Labute approximate surface area is 168 Å². The number of carbonyl (C=O) groups excluding carboxylic acids is 1. The molecule has 28 heavy (non-hydrogen) atoms. The van der Waals surface area contributed by atoms with E-state index in [1.165, 1.54) is 5.56 Å². The minimum absolute atomic E-state index is 0.184. The Morgan fingerprint density at radius 1 is 1.00 bits per heavy atom. The SMILES string of the molecule is CC(C)(C)OC(=O)N[C@@H]1CCC[C@@H]1Cc1ccc(OCc2ccccc2)cc1. The summed E-state index contributed by atoms with van der Waals surface area (Å²) in [4.78, 5) is 12.1. The van der Waals surface area contributed by atoms with Crippen molar-refractivity contribution in [2.75, 3.05) is 0 Å². The van der Waals surface area contributed by atoms with E-state index in [1.807, 2.05) is 51.1 Å². The summed E-state index contributed by atoms with van der Waals surface area (Å²) in [5.41, 5.74) is 1.97. The molecule has 1 N–H and O–H groups in total. The van der Waals surface area contributed by atoms with Crippen LogP contribution in [-0.2, 0) is 17.8 Å². The predicted octanol–water partition coefficient (Wildman–Crippen LogP) is 5.50. The van der Waals surface area contributed by atoms with Crippen LogP contribution in [0.15, 0.2) is 54.6 Å². The van der Waals surface area contributed by atoms with Crippen molar-refractivity contribution in [2.45, 2.75) is 64.7 Å². The zero-order valence-corrected chi connectivity index (χ0v) is 17.1. The van der Waals surface area contributed by atoms with E-state index in [0.29, 0.717) is 12.5 Å². The first-order valence-corrected chi connectivity index (χ1v) is 10.1. The molecule has 4 heteroatoms. The highest BCUT2D eigenvalue weighted by atomic mass is 16.6. The minimum Gasteiger partial charge on any atom is -0.489 e. The van der Waals surface area contributed by atoms with Crippen LogP contribution in [0.5, 0.6) is 5.75 Å². The molecule has 2 aromatic rings.